The van der Waals surface area contributed by atoms with Gasteiger partial charge in [0.25, 0.3) is 0 Å². The van der Waals surface area contributed by atoms with Crippen molar-refractivity contribution in [3.63, 3.8) is 0 Å². The van der Waals surface area contributed by atoms with Crippen LogP contribution >= 0.6 is 35.0 Å². The molecule has 0 aliphatic carbocycles. The standard InChI is InChI=1S/C23H21Cl2NO4S/c1-23(22(27)28,11-12-31-15-16-5-3-2-4-6-16)30-19-9-7-18(8-10-19)29-21-20(25)13-17(24)14-26-21/h2-10,13-14H,11-12,15H2,1H3,(H,27,28). The molecule has 3 aromatic rings. The quantitative estimate of drug-likeness (QED) is 0.326. The van der Waals surface area contributed by atoms with Gasteiger partial charge in [0, 0.05) is 18.4 Å². The number of rotatable bonds is 10. The van der Waals surface area contributed by atoms with Crippen LogP contribution in [0.3, 0.4) is 0 Å². The van der Waals surface area contributed by atoms with Crippen LogP contribution in [0.15, 0.2) is 66.9 Å². The Morgan fingerprint density at radius 2 is 1.77 bits per heavy atom. The lowest BCUT2D eigenvalue weighted by atomic mass is 10.0. The van der Waals surface area contributed by atoms with Gasteiger partial charge in [0.15, 0.2) is 0 Å². The van der Waals surface area contributed by atoms with Gasteiger partial charge in [0.2, 0.25) is 11.5 Å². The maximum atomic E-state index is 11.9. The minimum atomic E-state index is -1.34. The summed E-state index contributed by atoms with van der Waals surface area (Å²) in [6.07, 6.45) is 1.80. The number of thioether (sulfide) groups is 1. The molecule has 5 nitrogen and oxygen atoms in total. The number of aromatic nitrogens is 1. The lowest BCUT2D eigenvalue weighted by Crippen LogP contribution is -2.42. The molecule has 1 aromatic heterocycles. The normalized spacial score (nSPS) is 12.7. The maximum absolute atomic E-state index is 11.9. The minimum absolute atomic E-state index is 0.227. The Kier molecular flexibility index (Phi) is 8.07. The molecular weight excluding hydrogens is 457 g/mol. The molecule has 0 fully saturated rings. The van der Waals surface area contributed by atoms with Gasteiger partial charge in [-0.15, -0.1) is 0 Å². The molecule has 0 radical (unpaired) electrons. The van der Waals surface area contributed by atoms with Gasteiger partial charge < -0.3 is 14.6 Å². The molecule has 2 aromatic carbocycles. The van der Waals surface area contributed by atoms with Gasteiger partial charge >= 0.3 is 5.97 Å². The van der Waals surface area contributed by atoms with Crippen LogP contribution in [0.1, 0.15) is 18.9 Å². The third kappa shape index (κ3) is 6.79. The van der Waals surface area contributed by atoms with Crippen molar-refractivity contribution in [2.45, 2.75) is 24.7 Å². The molecule has 8 heteroatoms. The van der Waals surface area contributed by atoms with Gasteiger partial charge in [-0.2, -0.15) is 11.8 Å². The Morgan fingerprint density at radius 3 is 2.42 bits per heavy atom. The second-order valence-electron chi connectivity index (χ2n) is 6.94. The molecule has 0 amide bonds. The Bertz CT molecular complexity index is 1020. The predicted octanol–water partition coefficient (Wildman–Crippen LogP) is 6.73. The Morgan fingerprint density at radius 1 is 1.10 bits per heavy atom. The third-order valence-corrected chi connectivity index (χ3v) is 5.95. The second kappa shape index (κ2) is 10.8. The van der Waals surface area contributed by atoms with Gasteiger partial charge in [0.05, 0.1) is 5.02 Å². The predicted molar refractivity (Wildman–Crippen MR) is 125 cm³/mol. The van der Waals surface area contributed by atoms with E-state index in [1.54, 1.807) is 43.0 Å². The van der Waals surface area contributed by atoms with Crippen LogP contribution < -0.4 is 9.47 Å². The lowest BCUT2D eigenvalue weighted by molar-refractivity contribution is -0.153. The van der Waals surface area contributed by atoms with Crippen LogP contribution in [-0.4, -0.2) is 27.4 Å². The fourth-order valence-electron chi connectivity index (χ4n) is 2.66. The van der Waals surface area contributed by atoms with Crippen LogP contribution in [0.4, 0.5) is 0 Å². The summed E-state index contributed by atoms with van der Waals surface area (Å²) in [7, 11) is 0. The van der Waals surface area contributed by atoms with Gasteiger partial charge in [0.1, 0.15) is 16.5 Å². The molecule has 0 bridgehead atoms. The second-order valence-corrected chi connectivity index (χ2v) is 8.89. The highest BCUT2D eigenvalue weighted by molar-refractivity contribution is 7.98. The van der Waals surface area contributed by atoms with Crippen molar-refractivity contribution in [2.75, 3.05) is 5.75 Å². The summed E-state index contributed by atoms with van der Waals surface area (Å²) in [6.45, 7) is 1.58. The number of nitrogens with zero attached hydrogens (tertiary/aromatic N) is 1. The van der Waals surface area contributed by atoms with Gasteiger partial charge in [-0.1, -0.05) is 53.5 Å². The first-order valence-corrected chi connectivity index (χ1v) is 11.4. The fraction of sp³-hybridized carbons (Fsp3) is 0.217. The van der Waals surface area contributed by atoms with Gasteiger partial charge in [-0.05, 0) is 48.6 Å². The molecule has 0 aliphatic rings. The number of carboxylic acid groups (broad SMARTS) is 1. The molecule has 0 aliphatic heterocycles. The van der Waals surface area contributed by atoms with Crippen LogP contribution in [0.5, 0.6) is 17.4 Å². The molecule has 3 rings (SSSR count). The summed E-state index contributed by atoms with van der Waals surface area (Å²) in [4.78, 5) is 15.9. The van der Waals surface area contributed by atoms with E-state index in [4.69, 9.17) is 32.7 Å². The van der Waals surface area contributed by atoms with Crippen LogP contribution in [0.2, 0.25) is 10.0 Å². The van der Waals surface area contributed by atoms with E-state index in [1.165, 1.54) is 17.8 Å². The molecule has 0 spiro atoms. The van der Waals surface area contributed by atoms with Crippen molar-refractivity contribution < 1.29 is 19.4 Å². The fourth-order valence-corrected chi connectivity index (χ4v) is 4.18. The molecule has 1 atom stereocenters. The monoisotopic (exact) mass is 477 g/mol. The third-order valence-electron chi connectivity index (χ3n) is 4.44. The smallest absolute Gasteiger partial charge is 0.347 e. The van der Waals surface area contributed by atoms with Crippen LogP contribution in [0, 0.1) is 0 Å². The molecular formula is C23H21Cl2NO4S. The molecule has 31 heavy (non-hydrogen) atoms. The van der Waals surface area contributed by atoms with Crippen molar-refractivity contribution in [1.29, 1.82) is 0 Å². The summed E-state index contributed by atoms with van der Waals surface area (Å²) < 4.78 is 11.5. The molecule has 1 N–H and O–H groups in total. The van der Waals surface area contributed by atoms with Crippen molar-refractivity contribution in [3.8, 4) is 17.4 Å². The van der Waals surface area contributed by atoms with Crippen LogP contribution in [0.25, 0.3) is 0 Å². The zero-order chi connectivity index (χ0) is 22.3. The van der Waals surface area contributed by atoms with E-state index in [0.29, 0.717) is 33.7 Å². The van der Waals surface area contributed by atoms with E-state index in [1.807, 2.05) is 18.2 Å². The van der Waals surface area contributed by atoms with E-state index >= 15 is 0 Å². The van der Waals surface area contributed by atoms with Crippen molar-refractivity contribution in [2.24, 2.45) is 0 Å². The van der Waals surface area contributed by atoms with Crippen molar-refractivity contribution in [1.82, 2.24) is 4.98 Å². The molecule has 0 saturated carbocycles. The largest absolute Gasteiger partial charge is 0.478 e. The highest BCUT2D eigenvalue weighted by Gasteiger charge is 2.35. The summed E-state index contributed by atoms with van der Waals surface area (Å²) in [5, 5.41) is 10.4. The number of ether oxygens (including phenoxy) is 2. The number of benzene rings is 2. The molecule has 1 heterocycles. The summed E-state index contributed by atoms with van der Waals surface area (Å²) in [5.41, 5.74) is -0.135. The highest BCUT2D eigenvalue weighted by atomic mass is 35.5. The molecule has 0 saturated heterocycles. The van der Waals surface area contributed by atoms with Gasteiger partial charge in [-0.3, -0.25) is 0 Å². The van der Waals surface area contributed by atoms with E-state index in [-0.39, 0.29) is 5.88 Å². The number of carboxylic acids is 1. The minimum Gasteiger partial charge on any atom is -0.478 e. The lowest BCUT2D eigenvalue weighted by Gasteiger charge is -2.26. The summed E-state index contributed by atoms with van der Waals surface area (Å²) >= 11 is 13.6. The van der Waals surface area contributed by atoms with Gasteiger partial charge in [-0.25, -0.2) is 9.78 Å². The average Bonchev–Trinajstić information content (AvgIpc) is 2.75. The number of aliphatic carboxylic acids is 1. The van der Waals surface area contributed by atoms with E-state index in [0.717, 1.165) is 5.75 Å². The Balaban J connectivity index is 1.57. The first-order chi connectivity index (χ1) is 14.9. The van der Waals surface area contributed by atoms with Crippen molar-refractivity contribution in [3.05, 3.63) is 82.5 Å². The molecule has 162 valence electrons. The number of carbonyl (C=O) groups is 1. The average molecular weight is 478 g/mol. The van der Waals surface area contributed by atoms with E-state index in [9.17, 15) is 9.90 Å². The molecule has 1 unspecified atom stereocenters. The zero-order valence-electron chi connectivity index (χ0n) is 16.8. The number of pyridine rings is 1. The summed E-state index contributed by atoms with van der Waals surface area (Å²) in [5.74, 6) is 1.61. The Labute approximate surface area is 195 Å². The highest BCUT2D eigenvalue weighted by Crippen LogP contribution is 2.31. The number of hydrogen-bond acceptors (Lipinski definition) is 5. The summed E-state index contributed by atoms with van der Waals surface area (Å²) in [6, 6.07) is 18.2. The maximum Gasteiger partial charge on any atom is 0.347 e. The van der Waals surface area contributed by atoms with Crippen LogP contribution in [-0.2, 0) is 10.5 Å². The Hall–Kier alpha value is -2.41. The first-order valence-electron chi connectivity index (χ1n) is 9.49. The topological polar surface area (TPSA) is 68.7 Å². The van der Waals surface area contributed by atoms with E-state index in [2.05, 4.69) is 17.1 Å². The SMILES string of the molecule is CC(CCSCc1ccccc1)(Oc1ccc(Oc2ncc(Cl)cc2Cl)cc1)C(=O)O. The van der Waals surface area contributed by atoms with E-state index < -0.39 is 11.6 Å². The number of halogens is 2. The van der Waals surface area contributed by atoms with Crippen molar-refractivity contribution >= 4 is 40.9 Å². The zero-order valence-corrected chi connectivity index (χ0v) is 19.1. The number of hydrogen-bond donors (Lipinski definition) is 1. The first kappa shape index (κ1) is 23.3.